The molecule has 0 bridgehead atoms. The molecule has 0 saturated carbocycles. The lowest BCUT2D eigenvalue weighted by atomic mass is 10.3. The van der Waals surface area contributed by atoms with Gasteiger partial charge in [-0.1, -0.05) is 0 Å². The molecule has 2 unspecified atom stereocenters. The highest BCUT2D eigenvalue weighted by Crippen LogP contribution is 2.43. The third kappa shape index (κ3) is 18.3. The Bertz CT molecular complexity index is 690. The minimum Gasteiger partial charge on any atom is -0.462 e. The van der Waals surface area contributed by atoms with Crippen LogP contribution in [0.15, 0.2) is 0 Å². The van der Waals surface area contributed by atoms with Gasteiger partial charge in [-0.15, -0.1) is 0 Å². The molecule has 0 aliphatic rings. The summed E-state index contributed by atoms with van der Waals surface area (Å²) in [6, 6.07) is 0. The van der Waals surface area contributed by atoms with Gasteiger partial charge in [0.05, 0.1) is 26.1 Å². The highest BCUT2D eigenvalue weighted by Gasteiger charge is 2.27. The number of phosphoric ester groups is 1. The molecule has 0 aromatic carbocycles. The van der Waals surface area contributed by atoms with Gasteiger partial charge in [0.25, 0.3) is 0 Å². The van der Waals surface area contributed by atoms with Gasteiger partial charge in [-0.2, -0.15) is 0 Å². The first-order valence-electron chi connectivity index (χ1n) is 10.6. The molecule has 0 heterocycles. The topological polar surface area (TPSA) is 185 Å². The first-order valence-corrected chi connectivity index (χ1v) is 12.0. The van der Waals surface area contributed by atoms with Crippen LogP contribution in [-0.2, 0) is 51.7 Å². The van der Waals surface area contributed by atoms with Crippen LogP contribution in [0, 0.1) is 0 Å². The zero-order valence-electron chi connectivity index (χ0n) is 19.9. The Morgan fingerprint density at radius 3 is 1.94 bits per heavy atom. The highest BCUT2D eigenvalue weighted by atomic mass is 31.2. The zero-order chi connectivity index (χ0) is 26.0. The number of hydrogen-bond acceptors (Lipinski definition) is 13. The first-order chi connectivity index (χ1) is 16.0. The molecule has 34 heavy (non-hydrogen) atoms. The number of ether oxygens (including phenoxy) is 4. The van der Waals surface area contributed by atoms with Crippen LogP contribution in [-0.4, -0.2) is 94.6 Å². The van der Waals surface area contributed by atoms with Crippen molar-refractivity contribution in [2.24, 2.45) is 0 Å². The lowest BCUT2D eigenvalue weighted by molar-refractivity contribution is -0.161. The van der Waals surface area contributed by atoms with E-state index in [4.69, 9.17) is 28.0 Å². The maximum absolute atomic E-state index is 12.2. The van der Waals surface area contributed by atoms with Crippen molar-refractivity contribution in [1.29, 1.82) is 0 Å². The van der Waals surface area contributed by atoms with Crippen LogP contribution in [0.4, 0.5) is 0 Å². The number of phosphoric acid groups is 1. The molecule has 3 atom stereocenters. The van der Waals surface area contributed by atoms with Crippen molar-refractivity contribution < 1.29 is 56.6 Å². The Kier molecular flexibility index (Phi) is 17.1. The van der Waals surface area contributed by atoms with Gasteiger partial charge < -0.3 is 34.5 Å². The summed E-state index contributed by atoms with van der Waals surface area (Å²) in [6.45, 7) is 1.46. The minimum absolute atomic E-state index is 0.0217. The monoisotopic (exact) mass is 514 g/mol. The van der Waals surface area contributed by atoms with E-state index < -0.39 is 50.5 Å². The molecule has 0 fully saturated rings. The summed E-state index contributed by atoms with van der Waals surface area (Å²) in [5.74, 6) is -2.40. The summed E-state index contributed by atoms with van der Waals surface area (Å²) >= 11 is 0. The van der Waals surface area contributed by atoms with Gasteiger partial charge in [0, 0.05) is 33.4 Å². The van der Waals surface area contributed by atoms with Crippen LogP contribution in [0.5, 0.6) is 0 Å². The van der Waals surface area contributed by atoms with E-state index >= 15 is 0 Å². The van der Waals surface area contributed by atoms with Crippen molar-refractivity contribution >= 4 is 31.7 Å². The van der Waals surface area contributed by atoms with Crippen LogP contribution in [0.2, 0.25) is 0 Å². The Morgan fingerprint density at radius 1 is 0.794 bits per heavy atom. The van der Waals surface area contributed by atoms with Gasteiger partial charge in [0.2, 0.25) is 0 Å². The van der Waals surface area contributed by atoms with Crippen molar-refractivity contribution in [2.45, 2.75) is 45.3 Å². The van der Waals surface area contributed by atoms with Crippen LogP contribution in [0.1, 0.15) is 33.1 Å². The van der Waals surface area contributed by atoms with Crippen LogP contribution in [0.25, 0.3) is 0 Å². The van der Waals surface area contributed by atoms with Crippen LogP contribution >= 0.6 is 7.82 Å². The molecule has 0 aliphatic heterocycles. The molecular weight excluding hydrogens is 479 g/mol. The second-order valence-corrected chi connectivity index (χ2v) is 8.38. The molecule has 0 radical (unpaired) electrons. The van der Waals surface area contributed by atoms with Gasteiger partial charge in [0.1, 0.15) is 19.3 Å². The van der Waals surface area contributed by atoms with E-state index in [0.29, 0.717) is 13.1 Å². The average molecular weight is 514 g/mol. The van der Waals surface area contributed by atoms with Gasteiger partial charge in [-0.25, -0.2) is 4.57 Å². The Morgan fingerprint density at radius 2 is 1.38 bits per heavy atom. The number of carbonyl (C=O) groups is 4. The second kappa shape index (κ2) is 18.3. The molecule has 0 rings (SSSR count). The van der Waals surface area contributed by atoms with Crippen molar-refractivity contribution in [3.63, 3.8) is 0 Å². The maximum atomic E-state index is 12.2. The fourth-order valence-electron chi connectivity index (χ4n) is 2.21. The van der Waals surface area contributed by atoms with E-state index in [2.05, 4.69) is 10.6 Å². The number of rotatable bonds is 19. The van der Waals surface area contributed by atoms with E-state index in [9.17, 15) is 28.6 Å². The summed E-state index contributed by atoms with van der Waals surface area (Å²) in [5, 5.41) is 5.55. The molecule has 0 aromatic heterocycles. The Balaban J connectivity index is 4.76. The number of nitrogens with one attached hydrogen (secondary N) is 2. The Labute approximate surface area is 198 Å². The smallest absolute Gasteiger partial charge is 0.462 e. The van der Waals surface area contributed by atoms with E-state index in [0.717, 1.165) is 6.92 Å². The number of esters is 4. The molecule has 0 aromatic rings. The lowest BCUT2D eigenvalue weighted by Crippen LogP contribution is -2.31. The molecule has 0 amide bonds. The van der Waals surface area contributed by atoms with Gasteiger partial charge in [-0.05, 0) is 14.1 Å². The molecule has 198 valence electrons. The summed E-state index contributed by atoms with van der Waals surface area (Å²) in [4.78, 5) is 55.5. The van der Waals surface area contributed by atoms with Crippen molar-refractivity contribution in [3.05, 3.63) is 0 Å². The van der Waals surface area contributed by atoms with Crippen molar-refractivity contribution in [3.8, 4) is 0 Å². The summed E-state index contributed by atoms with van der Waals surface area (Å²) in [7, 11) is -1.30. The SMILES string of the molecule is CNCCC(=O)OCC(COP(=O)(O)OCC[C@@H](COC(C)=O)OC(C)=O)OC(=O)CCNC. The molecule has 0 aliphatic carbocycles. The third-order valence-corrected chi connectivity index (χ3v) is 4.79. The average Bonchev–Trinajstić information content (AvgIpc) is 2.75. The molecular formula is C19H35N2O12P. The van der Waals surface area contributed by atoms with Gasteiger partial charge in [-0.3, -0.25) is 28.2 Å². The molecule has 0 saturated heterocycles. The van der Waals surface area contributed by atoms with E-state index in [1.165, 1.54) is 6.92 Å². The van der Waals surface area contributed by atoms with E-state index in [-0.39, 0.29) is 39.1 Å². The van der Waals surface area contributed by atoms with Crippen LogP contribution in [0.3, 0.4) is 0 Å². The second-order valence-electron chi connectivity index (χ2n) is 6.92. The van der Waals surface area contributed by atoms with Gasteiger partial charge in [0.15, 0.2) is 6.10 Å². The van der Waals surface area contributed by atoms with Crippen molar-refractivity contribution in [1.82, 2.24) is 10.6 Å². The first kappa shape index (κ1) is 31.9. The third-order valence-electron chi connectivity index (χ3n) is 3.81. The number of hydrogen-bond donors (Lipinski definition) is 3. The highest BCUT2D eigenvalue weighted by molar-refractivity contribution is 7.47. The molecule has 0 spiro atoms. The van der Waals surface area contributed by atoms with Crippen LogP contribution < -0.4 is 10.6 Å². The summed E-state index contributed by atoms with van der Waals surface area (Å²) in [5.41, 5.74) is 0. The molecule has 15 heteroatoms. The van der Waals surface area contributed by atoms with E-state index in [1.807, 2.05) is 0 Å². The summed E-state index contributed by atoms with van der Waals surface area (Å²) in [6.07, 6.45) is -2.00. The zero-order valence-corrected chi connectivity index (χ0v) is 20.8. The predicted molar refractivity (Wildman–Crippen MR) is 116 cm³/mol. The normalized spacial score (nSPS) is 14.4. The van der Waals surface area contributed by atoms with Gasteiger partial charge >= 0.3 is 31.7 Å². The minimum atomic E-state index is -4.61. The quantitative estimate of drug-likeness (QED) is 0.116. The summed E-state index contributed by atoms with van der Waals surface area (Å²) < 4.78 is 41.8. The standard InChI is InChI=1S/C19H35N2O12P/c1-14(22)28-11-16(32-15(2)23)7-10-30-34(26,27)31-13-17(33-19(25)6-9-21-4)12-29-18(24)5-8-20-3/h16-17,20-21H,5-13H2,1-4H3,(H,26,27)/t16-,17?/m0/s1. The lowest BCUT2D eigenvalue weighted by Gasteiger charge is -2.20. The molecule has 14 nitrogen and oxygen atoms in total. The molecule has 3 N–H and O–H groups in total. The largest absolute Gasteiger partial charge is 0.472 e. The van der Waals surface area contributed by atoms with E-state index in [1.54, 1.807) is 14.1 Å². The number of carbonyl (C=O) groups excluding carboxylic acids is 4. The maximum Gasteiger partial charge on any atom is 0.472 e. The predicted octanol–water partition coefficient (Wildman–Crippen LogP) is -0.321. The fraction of sp³-hybridized carbons (Fsp3) is 0.789. The van der Waals surface area contributed by atoms with Crippen molar-refractivity contribution in [2.75, 3.05) is 53.6 Å². The Hall–Kier alpha value is -2.09. The fourth-order valence-corrected chi connectivity index (χ4v) is 2.97.